The second-order valence-electron chi connectivity index (χ2n) is 3.34. The highest BCUT2D eigenvalue weighted by Crippen LogP contribution is 2.34. The Morgan fingerprint density at radius 1 is 1.67 bits per heavy atom. The molecule has 82 valence electrons. The molecule has 1 fully saturated rings. The Kier molecular flexibility index (Phi) is 2.68. The third-order valence-electron chi connectivity index (χ3n) is 2.47. The number of hydrogen-bond donors (Lipinski definition) is 1. The van der Waals surface area contributed by atoms with Crippen molar-refractivity contribution >= 4 is 38.6 Å². The summed E-state index contributed by atoms with van der Waals surface area (Å²) in [6.07, 6.45) is 0.193. The largest absolute Gasteiger partial charge is 0.477 e. The van der Waals surface area contributed by atoms with Crippen LogP contribution in [0.2, 0.25) is 0 Å². The fraction of sp³-hybridized carbons (Fsp3) is 0.500. The van der Waals surface area contributed by atoms with Gasteiger partial charge in [-0.3, -0.25) is 13.9 Å². The number of rotatable bonds is 2. The first-order chi connectivity index (χ1) is 7.06. The van der Waals surface area contributed by atoms with Gasteiger partial charge in [-0.1, -0.05) is 15.9 Å². The molecule has 2 aliphatic heterocycles. The van der Waals surface area contributed by atoms with E-state index in [1.807, 2.05) is 0 Å². The van der Waals surface area contributed by atoms with Gasteiger partial charge in [0.15, 0.2) is 0 Å². The van der Waals surface area contributed by atoms with E-state index in [9.17, 15) is 13.8 Å². The molecule has 0 aromatic rings. The first kappa shape index (κ1) is 10.8. The van der Waals surface area contributed by atoms with E-state index in [1.165, 1.54) is 0 Å². The van der Waals surface area contributed by atoms with Gasteiger partial charge in [0.25, 0.3) is 0 Å². The van der Waals surface area contributed by atoms with E-state index in [-0.39, 0.29) is 23.8 Å². The van der Waals surface area contributed by atoms with E-state index >= 15 is 0 Å². The summed E-state index contributed by atoms with van der Waals surface area (Å²) in [7, 11) is -1.16. The molecule has 1 unspecified atom stereocenters. The molecule has 1 saturated heterocycles. The molecule has 0 aromatic carbocycles. The van der Waals surface area contributed by atoms with Crippen LogP contribution < -0.4 is 0 Å². The molecule has 0 aromatic heterocycles. The molecule has 0 radical (unpaired) electrons. The van der Waals surface area contributed by atoms with Crippen LogP contribution in [0.4, 0.5) is 0 Å². The summed E-state index contributed by atoms with van der Waals surface area (Å²) in [5.74, 6) is -1.15. The average Bonchev–Trinajstić information content (AvgIpc) is 2.17. The maximum absolute atomic E-state index is 11.6. The van der Waals surface area contributed by atoms with Crippen molar-refractivity contribution in [3.05, 3.63) is 11.3 Å². The molecule has 2 heterocycles. The third-order valence-corrected chi connectivity index (χ3v) is 4.76. The molecule has 0 aliphatic carbocycles. The fourth-order valence-corrected chi connectivity index (χ4v) is 4.02. The Morgan fingerprint density at radius 2 is 2.33 bits per heavy atom. The number of halogens is 1. The monoisotopic (exact) mass is 293 g/mol. The summed E-state index contributed by atoms with van der Waals surface area (Å²) in [5.41, 5.74) is 0.526. The lowest BCUT2D eigenvalue weighted by molar-refractivity contribution is -0.146. The van der Waals surface area contributed by atoms with Crippen LogP contribution in [-0.2, 0) is 20.4 Å². The maximum atomic E-state index is 11.6. The van der Waals surface area contributed by atoms with Crippen molar-refractivity contribution in [1.82, 2.24) is 4.90 Å². The highest BCUT2D eigenvalue weighted by atomic mass is 79.9. The van der Waals surface area contributed by atoms with Crippen molar-refractivity contribution in [3.8, 4) is 0 Å². The number of β-lactam (4-membered cyclic amide) rings is 1. The predicted molar refractivity (Wildman–Crippen MR) is 56.7 cm³/mol. The van der Waals surface area contributed by atoms with Gasteiger partial charge in [0.05, 0.1) is 12.2 Å². The van der Waals surface area contributed by atoms with Gasteiger partial charge in [-0.25, -0.2) is 4.79 Å². The lowest BCUT2D eigenvalue weighted by Gasteiger charge is -2.43. The Balaban J connectivity index is 2.46. The Hall–Kier alpha value is -0.690. The summed E-state index contributed by atoms with van der Waals surface area (Å²) >= 11 is 3.14. The van der Waals surface area contributed by atoms with Crippen molar-refractivity contribution in [2.24, 2.45) is 0 Å². The van der Waals surface area contributed by atoms with E-state index in [1.54, 1.807) is 0 Å². The molecule has 5 nitrogen and oxygen atoms in total. The van der Waals surface area contributed by atoms with Gasteiger partial charge >= 0.3 is 5.97 Å². The summed E-state index contributed by atoms with van der Waals surface area (Å²) in [6, 6.07) is 0. The molecular weight excluding hydrogens is 286 g/mol. The average molecular weight is 294 g/mol. The number of hydrogen-bond acceptors (Lipinski definition) is 3. The standard InChI is InChI=1S/C8H8BrNO4S/c9-2-4-3-15(14)6-1-5(11)10(6)7(4)8(12)13/h6H,1-3H2,(H,12,13)/t6-,15?/m1/s1. The number of alkyl halides is 1. The van der Waals surface area contributed by atoms with E-state index < -0.39 is 22.1 Å². The molecule has 1 N–H and O–H groups in total. The second kappa shape index (κ2) is 3.71. The molecule has 0 bridgehead atoms. The van der Waals surface area contributed by atoms with Crippen LogP contribution in [0.1, 0.15) is 6.42 Å². The van der Waals surface area contributed by atoms with Crippen LogP contribution in [0.15, 0.2) is 11.3 Å². The lowest BCUT2D eigenvalue weighted by atomic mass is 10.1. The summed E-state index contributed by atoms with van der Waals surface area (Å²) < 4.78 is 11.6. The molecule has 2 atom stereocenters. The SMILES string of the molecule is O=C(O)C1=C(CBr)CS(=O)[C@@H]2CC(=O)N12. The summed E-state index contributed by atoms with van der Waals surface area (Å²) in [4.78, 5) is 23.4. The quantitative estimate of drug-likeness (QED) is 0.576. The fourth-order valence-electron chi connectivity index (χ4n) is 1.73. The minimum Gasteiger partial charge on any atom is -0.477 e. The number of aliphatic carboxylic acids is 1. The number of carboxylic acid groups (broad SMARTS) is 1. The predicted octanol–water partition coefficient (Wildman–Crippen LogP) is 0.0407. The van der Waals surface area contributed by atoms with E-state index in [0.29, 0.717) is 10.9 Å². The molecule has 0 spiro atoms. The Labute approximate surface area is 96.7 Å². The van der Waals surface area contributed by atoms with Gasteiger partial charge in [-0.15, -0.1) is 0 Å². The molecule has 15 heavy (non-hydrogen) atoms. The minimum atomic E-state index is -1.16. The number of carbonyl (C=O) groups is 2. The van der Waals surface area contributed by atoms with Crippen molar-refractivity contribution in [2.75, 3.05) is 11.1 Å². The van der Waals surface area contributed by atoms with Crippen molar-refractivity contribution in [2.45, 2.75) is 11.8 Å². The van der Waals surface area contributed by atoms with Gasteiger partial charge in [-0.05, 0) is 5.57 Å². The molecular formula is C8H8BrNO4S. The van der Waals surface area contributed by atoms with E-state index in [4.69, 9.17) is 5.11 Å². The minimum absolute atomic E-state index is 0.00715. The van der Waals surface area contributed by atoms with Crippen LogP contribution >= 0.6 is 15.9 Å². The molecule has 7 heteroatoms. The van der Waals surface area contributed by atoms with Crippen LogP contribution in [0.25, 0.3) is 0 Å². The molecule has 2 aliphatic rings. The zero-order valence-electron chi connectivity index (χ0n) is 7.60. The molecule has 0 saturated carbocycles. The van der Waals surface area contributed by atoms with Crippen LogP contribution in [0, 0.1) is 0 Å². The van der Waals surface area contributed by atoms with E-state index in [0.717, 1.165) is 4.90 Å². The topological polar surface area (TPSA) is 74.7 Å². The summed E-state index contributed by atoms with van der Waals surface area (Å²) in [5, 5.41) is 8.90. The van der Waals surface area contributed by atoms with E-state index in [2.05, 4.69) is 15.9 Å². The summed E-state index contributed by atoms with van der Waals surface area (Å²) in [6.45, 7) is 0. The van der Waals surface area contributed by atoms with Crippen LogP contribution in [0.3, 0.4) is 0 Å². The first-order valence-electron chi connectivity index (χ1n) is 4.26. The Morgan fingerprint density at radius 3 is 2.80 bits per heavy atom. The van der Waals surface area contributed by atoms with Crippen molar-refractivity contribution in [1.29, 1.82) is 0 Å². The lowest BCUT2D eigenvalue weighted by Crippen LogP contribution is -2.58. The zero-order valence-corrected chi connectivity index (χ0v) is 10.0. The first-order valence-corrected chi connectivity index (χ1v) is 6.77. The smallest absolute Gasteiger partial charge is 0.352 e. The Bertz CT molecular complexity index is 405. The van der Waals surface area contributed by atoms with Gasteiger partial charge < -0.3 is 5.11 Å². The highest BCUT2D eigenvalue weighted by Gasteiger charge is 2.48. The number of amides is 1. The van der Waals surface area contributed by atoms with Crippen molar-refractivity contribution in [3.63, 3.8) is 0 Å². The van der Waals surface area contributed by atoms with Crippen LogP contribution in [0.5, 0.6) is 0 Å². The zero-order chi connectivity index (χ0) is 11.2. The third kappa shape index (κ3) is 1.53. The highest BCUT2D eigenvalue weighted by molar-refractivity contribution is 9.09. The molecule has 1 amide bonds. The maximum Gasteiger partial charge on any atom is 0.352 e. The van der Waals surface area contributed by atoms with Gasteiger partial charge in [0.1, 0.15) is 11.1 Å². The van der Waals surface area contributed by atoms with Gasteiger partial charge in [-0.2, -0.15) is 0 Å². The van der Waals surface area contributed by atoms with Gasteiger partial charge in [0.2, 0.25) is 5.91 Å². The number of nitrogens with zero attached hydrogens (tertiary/aromatic N) is 1. The number of carboxylic acids is 1. The van der Waals surface area contributed by atoms with Gasteiger partial charge in [0, 0.05) is 16.1 Å². The second-order valence-corrected chi connectivity index (χ2v) is 5.49. The number of fused-ring (bicyclic) bond motifs is 1. The van der Waals surface area contributed by atoms with Crippen LogP contribution in [-0.4, -0.2) is 42.5 Å². The normalized spacial score (nSPS) is 29.9. The number of carbonyl (C=O) groups excluding carboxylic acids is 1. The molecule has 2 rings (SSSR count). The van der Waals surface area contributed by atoms with Crippen molar-refractivity contribution < 1.29 is 18.9 Å².